The molecule has 4 nitrogen and oxygen atoms in total. The third-order valence-electron chi connectivity index (χ3n) is 2.45. The molecule has 1 aromatic rings. The van der Waals surface area contributed by atoms with E-state index < -0.39 is 10.0 Å². The lowest BCUT2D eigenvalue weighted by Crippen LogP contribution is -2.34. The fraction of sp³-hybridized carbons (Fsp3) is 0.600. The maximum absolute atomic E-state index is 12.0. The molecule has 6 heteroatoms. The molecule has 2 N–H and O–H groups in total. The lowest BCUT2D eigenvalue weighted by molar-refractivity contribution is 0.282. The average Bonchev–Trinajstić information content (AvgIpc) is 2.74. The van der Waals surface area contributed by atoms with Crippen LogP contribution >= 0.6 is 11.3 Å². The molecule has 0 unspecified atom stereocenters. The summed E-state index contributed by atoms with van der Waals surface area (Å²) in [5.41, 5.74) is 0. The fourth-order valence-corrected chi connectivity index (χ4v) is 4.12. The first-order valence-electron chi connectivity index (χ1n) is 5.24. The van der Waals surface area contributed by atoms with Gasteiger partial charge >= 0.3 is 0 Å². The van der Waals surface area contributed by atoms with Crippen molar-refractivity contribution in [1.29, 1.82) is 0 Å². The van der Waals surface area contributed by atoms with Crippen molar-refractivity contribution in [3.63, 3.8) is 0 Å². The first kappa shape index (κ1) is 13.6. The topological polar surface area (TPSA) is 66.4 Å². The zero-order chi connectivity index (χ0) is 12.2. The second-order valence-electron chi connectivity index (χ2n) is 3.50. The van der Waals surface area contributed by atoms with Gasteiger partial charge in [-0.25, -0.2) is 13.1 Å². The number of aliphatic hydroxyl groups is 1. The minimum atomic E-state index is -3.48. The van der Waals surface area contributed by atoms with Crippen LogP contribution in [0.2, 0.25) is 0 Å². The van der Waals surface area contributed by atoms with E-state index in [4.69, 9.17) is 5.11 Å². The predicted octanol–water partition coefficient (Wildman–Crippen LogP) is 1.71. The maximum atomic E-state index is 12.0. The van der Waals surface area contributed by atoms with Gasteiger partial charge in [0.25, 0.3) is 0 Å². The molecule has 0 aliphatic heterocycles. The first-order valence-corrected chi connectivity index (χ1v) is 7.61. The molecule has 1 rings (SSSR count). The van der Waals surface area contributed by atoms with E-state index in [-0.39, 0.29) is 17.5 Å². The molecule has 0 fully saturated rings. The lowest BCUT2D eigenvalue weighted by atomic mass is 10.2. The fourth-order valence-electron chi connectivity index (χ4n) is 1.42. The van der Waals surface area contributed by atoms with Crippen LogP contribution in [0.15, 0.2) is 16.3 Å². The van der Waals surface area contributed by atoms with Crippen LogP contribution in [0.3, 0.4) is 0 Å². The van der Waals surface area contributed by atoms with Gasteiger partial charge < -0.3 is 5.11 Å². The van der Waals surface area contributed by atoms with Crippen LogP contribution in [0.4, 0.5) is 0 Å². The second-order valence-corrected chi connectivity index (χ2v) is 6.18. The number of nitrogens with one attached hydrogen (secondary N) is 1. The molecule has 0 aliphatic carbocycles. The standard InChI is InChI=1S/C10H17NO3S2/c1-3-8(4-2)11-16(13,14)10-5-6-15-9(10)7-12/h5-6,8,11-12H,3-4,7H2,1-2H3. The van der Waals surface area contributed by atoms with E-state index in [2.05, 4.69) is 4.72 Å². The molecule has 16 heavy (non-hydrogen) atoms. The second kappa shape index (κ2) is 5.77. The van der Waals surface area contributed by atoms with Crippen molar-refractivity contribution in [3.05, 3.63) is 16.3 Å². The normalized spacial score (nSPS) is 12.2. The Morgan fingerprint density at radius 1 is 1.44 bits per heavy atom. The van der Waals surface area contributed by atoms with E-state index in [0.29, 0.717) is 4.88 Å². The van der Waals surface area contributed by atoms with Gasteiger partial charge in [0.15, 0.2) is 0 Å². The summed E-state index contributed by atoms with van der Waals surface area (Å²) in [7, 11) is -3.48. The highest BCUT2D eigenvalue weighted by Crippen LogP contribution is 2.22. The van der Waals surface area contributed by atoms with E-state index >= 15 is 0 Å². The Kier molecular flexibility index (Phi) is 4.91. The first-order chi connectivity index (χ1) is 7.55. The highest BCUT2D eigenvalue weighted by atomic mass is 32.2. The van der Waals surface area contributed by atoms with Crippen LogP contribution in [0, 0.1) is 0 Å². The summed E-state index contributed by atoms with van der Waals surface area (Å²) >= 11 is 1.25. The molecule has 0 aromatic carbocycles. The summed E-state index contributed by atoms with van der Waals surface area (Å²) in [5, 5.41) is 10.7. The molecule has 1 heterocycles. The summed E-state index contributed by atoms with van der Waals surface area (Å²) in [6.45, 7) is 3.64. The van der Waals surface area contributed by atoms with Crippen molar-refractivity contribution in [2.45, 2.75) is 44.2 Å². The molecule has 0 aliphatic rings. The molecule has 0 amide bonds. The Bertz CT molecular complexity index is 421. The number of hydrogen-bond acceptors (Lipinski definition) is 4. The van der Waals surface area contributed by atoms with Crippen LogP contribution in [0.5, 0.6) is 0 Å². The third kappa shape index (κ3) is 3.04. The van der Waals surface area contributed by atoms with Crippen molar-refractivity contribution < 1.29 is 13.5 Å². The average molecular weight is 263 g/mol. The van der Waals surface area contributed by atoms with E-state index in [1.807, 2.05) is 13.8 Å². The van der Waals surface area contributed by atoms with Crippen LogP contribution in [-0.2, 0) is 16.6 Å². The quantitative estimate of drug-likeness (QED) is 0.821. The highest BCUT2D eigenvalue weighted by molar-refractivity contribution is 7.89. The van der Waals surface area contributed by atoms with Gasteiger partial charge in [-0.1, -0.05) is 13.8 Å². The SMILES string of the molecule is CCC(CC)NS(=O)(=O)c1ccsc1CO. The smallest absolute Gasteiger partial charge is 0.242 e. The minimum Gasteiger partial charge on any atom is -0.391 e. The third-order valence-corrected chi connectivity index (χ3v) is 5.09. The Hall–Kier alpha value is -0.430. The van der Waals surface area contributed by atoms with Crippen molar-refractivity contribution in [2.24, 2.45) is 0 Å². The lowest BCUT2D eigenvalue weighted by Gasteiger charge is -2.14. The molecule has 0 saturated heterocycles. The summed E-state index contributed by atoms with van der Waals surface area (Å²) in [6, 6.07) is 1.48. The number of sulfonamides is 1. The van der Waals surface area contributed by atoms with Crippen molar-refractivity contribution in [2.75, 3.05) is 0 Å². The minimum absolute atomic E-state index is 0.0450. The van der Waals surface area contributed by atoms with Gasteiger partial charge in [0.2, 0.25) is 10.0 Å². The van der Waals surface area contributed by atoms with Crippen molar-refractivity contribution in [3.8, 4) is 0 Å². The van der Waals surface area contributed by atoms with Crippen LogP contribution in [0.1, 0.15) is 31.6 Å². The zero-order valence-electron chi connectivity index (χ0n) is 9.43. The monoisotopic (exact) mass is 263 g/mol. The maximum Gasteiger partial charge on any atom is 0.242 e. The molecular formula is C10H17NO3S2. The number of thiophene rings is 1. The summed E-state index contributed by atoms with van der Waals surface area (Å²) in [5.74, 6) is 0. The van der Waals surface area contributed by atoms with E-state index in [9.17, 15) is 8.42 Å². The predicted molar refractivity (Wildman–Crippen MR) is 64.9 cm³/mol. The van der Waals surface area contributed by atoms with Crippen molar-refractivity contribution in [1.82, 2.24) is 4.72 Å². The number of rotatable bonds is 6. The largest absolute Gasteiger partial charge is 0.391 e. The summed E-state index contributed by atoms with van der Waals surface area (Å²) < 4.78 is 26.6. The highest BCUT2D eigenvalue weighted by Gasteiger charge is 2.21. The summed E-state index contributed by atoms with van der Waals surface area (Å²) in [4.78, 5) is 0.686. The molecule has 0 atom stereocenters. The molecule has 1 aromatic heterocycles. The molecule has 0 radical (unpaired) electrons. The Morgan fingerprint density at radius 2 is 2.06 bits per heavy atom. The van der Waals surface area contributed by atoms with Crippen molar-refractivity contribution >= 4 is 21.4 Å². The van der Waals surface area contributed by atoms with Gasteiger partial charge in [0.1, 0.15) is 0 Å². The van der Waals surface area contributed by atoms with Gasteiger partial charge in [-0.15, -0.1) is 11.3 Å². The van der Waals surface area contributed by atoms with Gasteiger partial charge in [0, 0.05) is 10.9 Å². The van der Waals surface area contributed by atoms with Gasteiger partial charge in [-0.3, -0.25) is 0 Å². The summed E-state index contributed by atoms with van der Waals surface area (Å²) in [6.07, 6.45) is 1.52. The van der Waals surface area contributed by atoms with Gasteiger partial charge in [-0.05, 0) is 24.3 Å². The van der Waals surface area contributed by atoms with Gasteiger partial charge in [-0.2, -0.15) is 0 Å². The molecular weight excluding hydrogens is 246 g/mol. The van der Waals surface area contributed by atoms with Crippen LogP contribution < -0.4 is 4.72 Å². The molecule has 0 bridgehead atoms. The van der Waals surface area contributed by atoms with E-state index in [1.165, 1.54) is 17.4 Å². The molecule has 0 spiro atoms. The Labute approximate surface area is 100 Å². The molecule has 0 saturated carbocycles. The molecule has 92 valence electrons. The van der Waals surface area contributed by atoms with E-state index in [0.717, 1.165) is 12.8 Å². The number of aliphatic hydroxyl groups excluding tert-OH is 1. The van der Waals surface area contributed by atoms with E-state index in [1.54, 1.807) is 5.38 Å². The van der Waals surface area contributed by atoms with Crippen LogP contribution in [-0.4, -0.2) is 19.6 Å². The Balaban J connectivity index is 2.94. The van der Waals surface area contributed by atoms with Gasteiger partial charge in [0.05, 0.1) is 11.5 Å². The van der Waals surface area contributed by atoms with Crippen LogP contribution in [0.25, 0.3) is 0 Å². The Morgan fingerprint density at radius 3 is 2.56 bits per heavy atom. The number of hydrogen-bond donors (Lipinski definition) is 2. The zero-order valence-corrected chi connectivity index (χ0v) is 11.1.